The first-order valence-corrected chi connectivity index (χ1v) is 6.36. The third kappa shape index (κ3) is 3.33. The average Bonchev–Trinajstić information content (AvgIpc) is 2.40. The highest BCUT2D eigenvalue weighted by Crippen LogP contribution is 2.24. The molecule has 2 aromatic rings. The second-order valence-corrected chi connectivity index (χ2v) is 4.89. The second kappa shape index (κ2) is 6.00. The zero-order valence-corrected chi connectivity index (χ0v) is 11.7. The Balaban J connectivity index is 2.23. The summed E-state index contributed by atoms with van der Waals surface area (Å²) in [6, 6.07) is 7.50. The lowest BCUT2D eigenvalue weighted by atomic mass is 10.1. The van der Waals surface area contributed by atoms with Gasteiger partial charge in [0, 0.05) is 10.0 Å². The Hall–Kier alpha value is -1.95. The van der Waals surface area contributed by atoms with Crippen molar-refractivity contribution in [1.29, 1.82) is 0 Å². The van der Waals surface area contributed by atoms with Crippen LogP contribution in [-0.4, -0.2) is 11.1 Å². The average molecular weight is 343 g/mol. The molecule has 0 fully saturated rings. The van der Waals surface area contributed by atoms with Crippen LogP contribution in [0.15, 0.2) is 40.9 Å². The number of aromatic carboxylic acids is 1. The smallest absolute Gasteiger partial charge is 0.336 e. The van der Waals surface area contributed by atoms with Crippen molar-refractivity contribution < 1.29 is 23.4 Å². The molecular weight excluding hydrogens is 334 g/mol. The van der Waals surface area contributed by atoms with Crippen molar-refractivity contribution in [2.24, 2.45) is 0 Å². The van der Waals surface area contributed by atoms with Gasteiger partial charge in [-0.2, -0.15) is 0 Å². The molecular formula is C14H9BrF2O3. The molecule has 0 aliphatic carbocycles. The van der Waals surface area contributed by atoms with Gasteiger partial charge < -0.3 is 9.84 Å². The van der Waals surface area contributed by atoms with Crippen LogP contribution < -0.4 is 4.74 Å². The molecule has 0 bridgehead atoms. The Morgan fingerprint density at radius 3 is 2.65 bits per heavy atom. The highest BCUT2D eigenvalue weighted by atomic mass is 79.9. The minimum atomic E-state index is -1.27. The molecule has 0 unspecified atom stereocenters. The molecule has 6 heteroatoms. The summed E-state index contributed by atoms with van der Waals surface area (Å²) >= 11 is 3.18. The zero-order valence-electron chi connectivity index (χ0n) is 10.1. The van der Waals surface area contributed by atoms with Gasteiger partial charge >= 0.3 is 5.97 Å². The Labute approximate surface area is 121 Å². The van der Waals surface area contributed by atoms with Crippen LogP contribution in [0.4, 0.5) is 8.78 Å². The van der Waals surface area contributed by atoms with Crippen molar-refractivity contribution in [1.82, 2.24) is 0 Å². The molecule has 1 N–H and O–H groups in total. The van der Waals surface area contributed by atoms with Gasteiger partial charge in [0.1, 0.15) is 12.4 Å². The van der Waals surface area contributed by atoms with E-state index in [4.69, 9.17) is 9.84 Å². The first-order valence-electron chi connectivity index (χ1n) is 5.57. The van der Waals surface area contributed by atoms with Gasteiger partial charge in [0.05, 0.1) is 5.56 Å². The third-order valence-corrected chi connectivity index (χ3v) is 3.07. The topological polar surface area (TPSA) is 46.5 Å². The van der Waals surface area contributed by atoms with Crippen LogP contribution >= 0.6 is 15.9 Å². The van der Waals surface area contributed by atoms with Gasteiger partial charge in [-0.05, 0) is 30.3 Å². The van der Waals surface area contributed by atoms with Gasteiger partial charge in [0.2, 0.25) is 0 Å². The van der Waals surface area contributed by atoms with Gasteiger partial charge in [-0.15, -0.1) is 0 Å². The van der Waals surface area contributed by atoms with Gasteiger partial charge in [-0.1, -0.05) is 22.0 Å². The second-order valence-electron chi connectivity index (χ2n) is 3.97. The lowest BCUT2D eigenvalue weighted by Crippen LogP contribution is -2.06. The summed E-state index contributed by atoms with van der Waals surface area (Å²) in [4.78, 5) is 11.0. The molecule has 0 aliphatic heterocycles. The number of rotatable bonds is 4. The van der Waals surface area contributed by atoms with Crippen LogP contribution in [0.25, 0.3) is 0 Å². The lowest BCUT2D eigenvalue weighted by molar-refractivity contribution is 0.0693. The van der Waals surface area contributed by atoms with Crippen molar-refractivity contribution >= 4 is 21.9 Å². The largest absolute Gasteiger partial charge is 0.486 e. The monoisotopic (exact) mass is 342 g/mol. The van der Waals surface area contributed by atoms with Crippen LogP contribution in [0.2, 0.25) is 0 Å². The summed E-state index contributed by atoms with van der Waals surface area (Å²) in [6.45, 7) is -0.171. The van der Waals surface area contributed by atoms with E-state index in [9.17, 15) is 13.6 Å². The Morgan fingerprint density at radius 2 is 1.95 bits per heavy atom. The molecule has 20 heavy (non-hydrogen) atoms. The number of carbonyl (C=O) groups is 1. The molecule has 0 saturated carbocycles. The van der Waals surface area contributed by atoms with Crippen LogP contribution in [0.5, 0.6) is 5.75 Å². The van der Waals surface area contributed by atoms with Crippen molar-refractivity contribution in [2.75, 3.05) is 0 Å². The maximum Gasteiger partial charge on any atom is 0.336 e. The van der Waals surface area contributed by atoms with E-state index >= 15 is 0 Å². The molecule has 3 nitrogen and oxygen atoms in total. The molecule has 2 aromatic carbocycles. The molecule has 0 atom stereocenters. The predicted molar refractivity (Wildman–Crippen MR) is 71.8 cm³/mol. The van der Waals surface area contributed by atoms with E-state index in [1.807, 2.05) is 0 Å². The molecule has 0 radical (unpaired) electrons. The molecule has 0 aromatic heterocycles. The van der Waals surface area contributed by atoms with E-state index in [-0.39, 0.29) is 23.5 Å². The maximum atomic E-state index is 13.5. The summed E-state index contributed by atoms with van der Waals surface area (Å²) in [5.74, 6) is -2.50. The Bertz CT molecular complexity index is 659. The molecule has 0 amide bonds. The number of carboxylic acids is 1. The third-order valence-electron chi connectivity index (χ3n) is 2.58. The molecule has 2 rings (SSSR count). The van der Waals surface area contributed by atoms with E-state index in [0.29, 0.717) is 4.47 Å². The molecule has 0 saturated heterocycles. The van der Waals surface area contributed by atoms with E-state index in [0.717, 1.165) is 12.1 Å². The molecule has 104 valence electrons. The first-order chi connectivity index (χ1) is 9.47. The van der Waals surface area contributed by atoms with E-state index in [1.54, 1.807) is 0 Å². The summed E-state index contributed by atoms with van der Waals surface area (Å²) in [7, 11) is 0. The Kier molecular flexibility index (Phi) is 4.34. The van der Waals surface area contributed by atoms with E-state index in [2.05, 4.69) is 15.9 Å². The van der Waals surface area contributed by atoms with Gasteiger partial charge in [-0.25, -0.2) is 13.6 Å². The highest BCUT2D eigenvalue weighted by molar-refractivity contribution is 9.10. The highest BCUT2D eigenvalue weighted by Gasteiger charge is 2.13. The lowest BCUT2D eigenvalue weighted by Gasteiger charge is -2.10. The fourth-order valence-electron chi connectivity index (χ4n) is 1.62. The quantitative estimate of drug-likeness (QED) is 0.913. The van der Waals surface area contributed by atoms with Crippen molar-refractivity contribution in [2.45, 2.75) is 6.61 Å². The maximum absolute atomic E-state index is 13.5. The predicted octanol–water partition coefficient (Wildman–Crippen LogP) is 4.00. The minimum Gasteiger partial charge on any atom is -0.486 e. The van der Waals surface area contributed by atoms with Crippen LogP contribution in [-0.2, 0) is 6.61 Å². The number of carboxylic acid groups (broad SMARTS) is 1. The van der Waals surface area contributed by atoms with Crippen molar-refractivity contribution in [3.8, 4) is 5.75 Å². The molecule has 0 heterocycles. The van der Waals surface area contributed by atoms with Crippen LogP contribution in [0.3, 0.4) is 0 Å². The SMILES string of the molecule is O=C(O)c1cc(F)ccc1COc1cc(Br)ccc1F. The van der Waals surface area contributed by atoms with Crippen molar-refractivity contribution in [3.63, 3.8) is 0 Å². The van der Waals surface area contributed by atoms with Crippen molar-refractivity contribution in [3.05, 3.63) is 63.6 Å². The zero-order chi connectivity index (χ0) is 14.7. The fraction of sp³-hybridized carbons (Fsp3) is 0.0714. The van der Waals surface area contributed by atoms with Crippen LogP contribution in [0, 0.1) is 11.6 Å². The number of ether oxygens (including phenoxy) is 1. The van der Waals surface area contributed by atoms with E-state index < -0.39 is 17.6 Å². The first kappa shape index (κ1) is 14.5. The summed E-state index contributed by atoms with van der Waals surface area (Å²) < 4.78 is 32.4. The number of hydrogen-bond acceptors (Lipinski definition) is 2. The number of benzene rings is 2. The van der Waals surface area contributed by atoms with Crippen LogP contribution in [0.1, 0.15) is 15.9 Å². The standard InChI is InChI=1S/C14H9BrF2O3/c15-9-2-4-12(17)13(5-9)20-7-8-1-3-10(16)6-11(8)14(18)19/h1-6H,7H2,(H,18,19). The van der Waals surface area contributed by atoms with E-state index in [1.165, 1.54) is 24.3 Å². The number of hydrogen-bond donors (Lipinski definition) is 1. The molecule has 0 aliphatic rings. The fourth-order valence-corrected chi connectivity index (χ4v) is 1.96. The van der Waals surface area contributed by atoms with Gasteiger partial charge in [0.25, 0.3) is 0 Å². The minimum absolute atomic E-state index is 0.0139. The molecule has 0 spiro atoms. The van der Waals surface area contributed by atoms with Gasteiger partial charge in [0.15, 0.2) is 11.6 Å². The van der Waals surface area contributed by atoms with Gasteiger partial charge in [-0.3, -0.25) is 0 Å². The Morgan fingerprint density at radius 1 is 1.20 bits per heavy atom. The summed E-state index contributed by atoms with van der Waals surface area (Å²) in [5, 5.41) is 8.98. The normalized spacial score (nSPS) is 10.3. The number of halogens is 3. The summed E-state index contributed by atoms with van der Waals surface area (Å²) in [6.07, 6.45) is 0. The summed E-state index contributed by atoms with van der Waals surface area (Å²) in [5.41, 5.74) is 0.0543.